The molecule has 0 amide bonds. The fourth-order valence-electron chi connectivity index (χ4n) is 1.99. The Kier molecular flexibility index (Phi) is 2.72. The molecule has 0 heterocycles. The van der Waals surface area contributed by atoms with Crippen LogP contribution in [0.4, 0.5) is 13.2 Å². The summed E-state index contributed by atoms with van der Waals surface area (Å²) in [6, 6.07) is 4.61. The summed E-state index contributed by atoms with van der Waals surface area (Å²) in [5, 5.41) is 0. The van der Waals surface area contributed by atoms with Gasteiger partial charge >= 0.3 is 6.18 Å². The van der Waals surface area contributed by atoms with Gasteiger partial charge in [-0.1, -0.05) is 26.0 Å². The Morgan fingerprint density at radius 1 is 1.19 bits per heavy atom. The van der Waals surface area contributed by atoms with Crippen molar-refractivity contribution in [2.45, 2.75) is 44.7 Å². The van der Waals surface area contributed by atoms with Crippen molar-refractivity contribution in [2.24, 2.45) is 0 Å². The van der Waals surface area contributed by atoms with Gasteiger partial charge in [0.05, 0.1) is 5.56 Å². The van der Waals surface area contributed by atoms with Crippen molar-refractivity contribution in [3.8, 4) is 0 Å². The largest absolute Gasteiger partial charge is 0.416 e. The zero-order chi connectivity index (χ0) is 11.9. The molecule has 1 aliphatic rings. The summed E-state index contributed by atoms with van der Waals surface area (Å²) in [7, 11) is 0. The van der Waals surface area contributed by atoms with Gasteiger partial charge in [0.2, 0.25) is 0 Å². The molecule has 0 spiro atoms. The minimum Gasteiger partial charge on any atom is -0.166 e. The highest BCUT2D eigenvalue weighted by atomic mass is 19.4. The van der Waals surface area contributed by atoms with Crippen LogP contribution in [-0.4, -0.2) is 0 Å². The Morgan fingerprint density at radius 2 is 1.81 bits per heavy atom. The molecule has 3 heteroatoms. The molecule has 0 atom stereocenters. The molecule has 16 heavy (non-hydrogen) atoms. The van der Waals surface area contributed by atoms with E-state index < -0.39 is 11.7 Å². The lowest BCUT2D eigenvalue weighted by molar-refractivity contribution is -0.138. The third-order valence-electron chi connectivity index (χ3n) is 3.05. The molecule has 0 nitrogen and oxygen atoms in total. The van der Waals surface area contributed by atoms with E-state index in [9.17, 15) is 13.2 Å². The molecule has 0 aliphatic heterocycles. The second-order valence-corrected chi connectivity index (χ2v) is 4.77. The molecule has 0 bridgehead atoms. The Labute approximate surface area is 93.5 Å². The molecule has 88 valence electrons. The van der Waals surface area contributed by atoms with Crippen molar-refractivity contribution in [1.29, 1.82) is 0 Å². The number of hydrogen-bond acceptors (Lipinski definition) is 0. The minimum absolute atomic E-state index is 0.0877. The number of halogens is 3. The van der Waals surface area contributed by atoms with Crippen molar-refractivity contribution in [3.05, 3.63) is 34.9 Å². The first-order chi connectivity index (χ1) is 7.39. The Morgan fingerprint density at radius 3 is 2.25 bits per heavy atom. The first-order valence-electron chi connectivity index (χ1n) is 5.60. The summed E-state index contributed by atoms with van der Waals surface area (Å²) in [5.41, 5.74) is 1.01. The summed E-state index contributed by atoms with van der Waals surface area (Å²) in [6.45, 7) is 3.61. The van der Waals surface area contributed by atoms with Gasteiger partial charge in [-0.25, -0.2) is 0 Å². The second-order valence-electron chi connectivity index (χ2n) is 4.77. The van der Waals surface area contributed by atoms with Crippen LogP contribution in [0.5, 0.6) is 0 Å². The molecule has 1 saturated carbocycles. The van der Waals surface area contributed by atoms with Gasteiger partial charge in [0.15, 0.2) is 0 Å². The molecule has 2 rings (SSSR count). The predicted molar refractivity (Wildman–Crippen MR) is 57.5 cm³/mol. The fourth-order valence-corrected chi connectivity index (χ4v) is 1.99. The Balaban J connectivity index is 2.44. The minimum atomic E-state index is -4.23. The van der Waals surface area contributed by atoms with Crippen LogP contribution in [0, 0.1) is 0 Å². The lowest BCUT2D eigenvalue weighted by atomic mass is 9.93. The van der Waals surface area contributed by atoms with Crippen LogP contribution in [0.15, 0.2) is 18.2 Å². The number of alkyl halides is 3. The maximum Gasteiger partial charge on any atom is 0.416 e. The summed E-state index contributed by atoms with van der Waals surface area (Å²) >= 11 is 0. The normalized spacial score (nSPS) is 16.9. The van der Waals surface area contributed by atoms with Crippen LogP contribution in [0.1, 0.15) is 55.2 Å². The van der Waals surface area contributed by atoms with E-state index in [1.54, 1.807) is 26.0 Å². The molecule has 0 unspecified atom stereocenters. The van der Waals surface area contributed by atoms with Crippen LogP contribution < -0.4 is 0 Å². The lowest BCUT2D eigenvalue weighted by Gasteiger charge is -2.16. The standard InChI is InChI=1S/C13H15F3/c1-8(2)11-7-10(9-3-4-9)5-6-12(11)13(14,15)16/h5-9H,3-4H2,1-2H3. The van der Waals surface area contributed by atoms with E-state index in [0.29, 0.717) is 11.5 Å². The summed E-state index contributed by atoms with van der Waals surface area (Å²) in [4.78, 5) is 0. The lowest BCUT2D eigenvalue weighted by Crippen LogP contribution is -2.10. The molecular weight excluding hydrogens is 213 g/mol. The van der Waals surface area contributed by atoms with Crippen LogP contribution in [-0.2, 0) is 6.18 Å². The first kappa shape index (κ1) is 11.5. The number of benzene rings is 1. The summed E-state index contributed by atoms with van der Waals surface area (Å²) in [5.74, 6) is 0.412. The third kappa shape index (κ3) is 2.23. The molecule has 0 aromatic heterocycles. The molecular formula is C13H15F3. The highest BCUT2D eigenvalue weighted by Gasteiger charge is 2.35. The van der Waals surface area contributed by atoms with E-state index >= 15 is 0 Å². The Bertz CT molecular complexity index is 387. The SMILES string of the molecule is CC(C)c1cc(C2CC2)ccc1C(F)(F)F. The van der Waals surface area contributed by atoms with Crippen LogP contribution in [0.25, 0.3) is 0 Å². The van der Waals surface area contributed by atoms with E-state index in [1.165, 1.54) is 6.07 Å². The van der Waals surface area contributed by atoms with Gasteiger partial charge in [0.1, 0.15) is 0 Å². The fraction of sp³-hybridized carbons (Fsp3) is 0.538. The molecule has 1 aromatic rings. The van der Waals surface area contributed by atoms with Crippen molar-refractivity contribution < 1.29 is 13.2 Å². The first-order valence-corrected chi connectivity index (χ1v) is 5.60. The summed E-state index contributed by atoms with van der Waals surface area (Å²) in [6.07, 6.45) is -2.01. The Hall–Kier alpha value is -0.990. The van der Waals surface area contributed by atoms with E-state index in [0.717, 1.165) is 18.4 Å². The van der Waals surface area contributed by atoms with Gasteiger partial charge < -0.3 is 0 Å². The van der Waals surface area contributed by atoms with Gasteiger partial charge in [0.25, 0.3) is 0 Å². The highest BCUT2D eigenvalue weighted by Crippen LogP contribution is 2.43. The second kappa shape index (κ2) is 3.79. The molecule has 1 aliphatic carbocycles. The van der Waals surface area contributed by atoms with Gasteiger partial charge in [-0.05, 0) is 41.9 Å². The molecule has 0 saturated heterocycles. The average molecular weight is 228 g/mol. The highest BCUT2D eigenvalue weighted by molar-refractivity contribution is 5.38. The maximum absolute atomic E-state index is 12.8. The van der Waals surface area contributed by atoms with E-state index in [4.69, 9.17) is 0 Å². The van der Waals surface area contributed by atoms with Crippen LogP contribution >= 0.6 is 0 Å². The number of hydrogen-bond donors (Lipinski definition) is 0. The van der Waals surface area contributed by atoms with Crippen LogP contribution in [0.2, 0.25) is 0 Å². The van der Waals surface area contributed by atoms with Crippen molar-refractivity contribution in [3.63, 3.8) is 0 Å². The van der Waals surface area contributed by atoms with Crippen molar-refractivity contribution >= 4 is 0 Å². The molecule has 1 fully saturated rings. The molecule has 1 aromatic carbocycles. The molecule has 0 N–H and O–H groups in total. The van der Waals surface area contributed by atoms with Crippen LogP contribution in [0.3, 0.4) is 0 Å². The molecule has 0 radical (unpaired) electrons. The average Bonchev–Trinajstić information content (AvgIpc) is 2.98. The van der Waals surface area contributed by atoms with Gasteiger partial charge in [-0.15, -0.1) is 0 Å². The van der Waals surface area contributed by atoms with Gasteiger partial charge in [-0.3, -0.25) is 0 Å². The topological polar surface area (TPSA) is 0 Å². The number of rotatable bonds is 2. The van der Waals surface area contributed by atoms with E-state index in [2.05, 4.69) is 0 Å². The van der Waals surface area contributed by atoms with Gasteiger partial charge in [0, 0.05) is 0 Å². The zero-order valence-electron chi connectivity index (χ0n) is 9.43. The van der Waals surface area contributed by atoms with Gasteiger partial charge in [-0.2, -0.15) is 13.2 Å². The zero-order valence-corrected chi connectivity index (χ0v) is 9.43. The summed E-state index contributed by atoms with van der Waals surface area (Å²) < 4.78 is 38.3. The maximum atomic E-state index is 12.8. The quantitative estimate of drug-likeness (QED) is 0.687. The third-order valence-corrected chi connectivity index (χ3v) is 3.05. The van der Waals surface area contributed by atoms with Crippen molar-refractivity contribution in [2.75, 3.05) is 0 Å². The van der Waals surface area contributed by atoms with E-state index in [-0.39, 0.29) is 5.92 Å². The predicted octanol–water partition coefficient (Wildman–Crippen LogP) is 4.71. The van der Waals surface area contributed by atoms with Crippen molar-refractivity contribution in [1.82, 2.24) is 0 Å². The smallest absolute Gasteiger partial charge is 0.166 e. The monoisotopic (exact) mass is 228 g/mol. The van der Waals surface area contributed by atoms with E-state index in [1.807, 2.05) is 0 Å².